The number of carbonyl (C=O) groups is 1. The molecule has 1 aliphatic rings. The van der Waals surface area contributed by atoms with Crippen molar-refractivity contribution in [3.63, 3.8) is 0 Å². The minimum atomic E-state index is -0.0901. The second kappa shape index (κ2) is 8.06. The van der Waals surface area contributed by atoms with E-state index in [0.717, 1.165) is 11.3 Å². The first kappa shape index (κ1) is 17.3. The Hall–Kier alpha value is -3.11. The molecule has 0 aliphatic carbocycles. The van der Waals surface area contributed by atoms with Crippen molar-refractivity contribution < 1.29 is 14.3 Å². The van der Waals surface area contributed by atoms with Gasteiger partial charge in [-0.2, -0.15) is 0 Å². The lowest BCUT2D eigenvalue weighted by Gasteiger charge is -2.33. The van der Waals surface area contributed by atoms with E-state index < -0.39 is 0 Å². The van der Waals surface area contributed by atoms with Crippen LogP contribution in [-0.4, -0.2) is 30.5 Å². The van der Waals surface area contributed by atoms with Gasteiger partial charge in [-0.05, 0) is 35.9 Å². The lowest BCUT2D eigenvalue weighted by molar-refractivity contribution is -0.0228. The normalized spacial score (nSPS) is 16.7. The number of amides is 1. The third kappa shape index (κ3) is 4.18. The van der Waals surface area contributed by atoms with E-state index in [1.165, 1.54) is 0 Å². The third-order valence-corrected chi connectivity index (χ3v) is 4.58. The maximum absolute atomic E-state index is 13.0. The average Bonchev–Trinajstić information content (AvgIpc) is 2.75. The number of para-hydroxylation sites is 1. The summed E-state index contributed by atoms with van der Waals surface area (Å²) in [6, 6.07) is 26.9. The molecule has 0 bridgehead atoms. The van der Waals surface area contributed by atoms with Crippen molar-refractivity contribution in [2.45, 2.75) is 6.10 Å². The van der Waals surface area contributed by atoms with E-state index in [4.69, 9.17) is 9.47 Å². The van der Waals surface area contributed by atoms with Crippen LogP contribution in [0.15, 0.2) is 84.9 Å². The smallest absolute Gasteiger partial charge is 0.254 e. The first-order valence-corrected chi connectivity index (χ1v) is 9.08. The van der Waals surface area contributed by atoms with Crippen molar-refractivity contribution in [2.24, 2.45) is 0 Å². The summed E-state index contributed by atoms with van der Waals surface area (Å²) in [7, 11) is 0. The molecule has 1 atom stereocenters. The van der Waals surface area contributed by atoms with Gasteiger partial charge in [0.15, 0.2) is 0 Å². The van der Waals surface area contributed by atoms with Gasteiger partial charge in [-0.3, -0.25) is 4.79 Å². The highest BCUT2D eigenvalue weighted by Gasteiger charge is 2.26. The molecule has 1 aliphatic heterocycles. The fourth-order valence-corrected chi connectivity index (χ4v) is 3.20. The van der Waals surface area contributed by atoms with E-state index in [2.05, 4.69) is 0 Å². The van der Waals surface area contributed by atoms with Crippen molar-refractivity contribution in [3.8, 4) is 11.5 Å². The Morgan fingerprint density at radius 2 is 1.59 bits per heavy atom. The zero-order chi connectivity index (χ0) is 18.5. The van der Waals surface area contributed by atoms with Crippen LogP contribution in [0.4, 0.5) is 0 Å². The number of hydrogen-bond acceptors (Lipinski definition) is 3. The summed E-state index contributed by atoms with van der Waals surface area (Å²) in [5.41, 5.74) is 1.72. The molecule has 1 heterocycles. The number of benzene rings is 3. The summed E-state index contributed by atoms with van der Waals surface area (Å²) in [6.07, 6.45) is -0.0901. The SMILES string of the molecule is O=C(c1cccc(Oc2ccccc2)c1)N1CCOC(c2ccccc2)C1. The number of ether oxygens (including phenoxy) is 2. The Bertz CT molecular complexity index is 896. The summed E-state index contributed by atoms with van der Waals surface area (Å²) < 4.78 is 11.7. The number of nitrogens with zero attached hydrogens (tertiary/aromatic N) is 1. The van der Waals surface area contributed by atoms with E-state index in [9.17, 15) is 4.79 Å². The molecule has 0 spiro atoms. The second-order valence-electron chi connectivity index (χ2n) is 6.46. The van der Waals surface area contributed by atoms with E-state index in [1.807, 2.05) is 83.8 Å². The van der Waals surface area contributed by atoms with Gasteiger partial charge in [-0.1, -0.05) is 54.6 Å². The van der Waals surface area contributed by atoms with Crippen molar-refractivity contribution in [2.75, 3.05) is 19.7 Å². The molecule has 4 heteroatoms. The molecule has 136 valence electrons. The van der Waals surface area contributed by atoms with Crippen LogP contribution >= 0.6 is 0 Å². The first-order chi connectivity index (χ1) is 13.3. The van der Waals surface area contributed by atoms with Crippen LogP contribution in [0.2, 0.25) is 0 Å². The predicted octanol–water partition coefficient (Wildman–Crippen LogP) is 4.69. The monoisotopic (exact) mass is 359 g/mol. The van der Waals surface area contributed by atoms with Gasteiger partial charge in [-0.15, -0.1) is 0 Å². The van der Waals surface area contributed by atoms with Crippen molar-refractivity contribution in [1.82, 2.24) is 4.90 Å². The summed E-state index contributed by atoms with van der Waals surface area (Å²) >= 11 is 0. The molecule has 3 aromatic rings. The van der Waals surface area contributed by atoms with Crippen molar-refractivity contribution >= 4 is 5.91 Å². The molecule has 3 aromatic carbocycles. The van der Waals surface area contributed by atoms with Crippen LogP contribution in [0.3, 0.4) is 0 Å². The van der Waals surface area contributed by atoms with Crippen molar-refractivity contribution in [3.05, 3.63) is 96.1 Å². The molecule has 27 heavy (non-hydrogen) atoms. The van der Waals surface area contributed by atoms with Gasteiger partial charge in [-0.25, -0.2) is 0 Å². The number of hydrogen-bond donors (Lipinski definition) is 0. The van der Waals surface area contributed by atoms with Crippen LogP contribution in [-0.2, 0) is 4.74 Å². The highest BCUT2D eigenvalue weighted by molar-refractivity contribution is 5.94. The van der Waals surface area contributed by atoms with Crippen LogP contribution < -0.4 is 4.74 Å². The van der Waals surface area contributed by atoms with Gasteiger partial charge in [0, 0.05) is 12.1 Å². The molecule has 0 aromatic heterocycles. The molecular formula is C23H21NO3. The fraction of sp³-hybridized carbons (Fsp3) is 0.174. The standard InChI is InChI=1S/C23H21NO3/c25-23(24-14-15-26-22(17-24)18-8-3-1-4-9-18)19-10-7-13-21(16-19)27-20-11-5-2-6-12-20/h1-13,16,22H,14-15,17H2. The molecule has 0 saturated carbocycles. The van der Waals surface area contributed by atoms with Gasteiger partial charge < -0.3 is 14.4 Å². The van der Waals surface area contributed by atoms with E-state index in [1.54, 1.807) is 6.07 Å². The van der Waals surface area contributed by atoms with Crippen LogP contribution in [0.1, 0.15) is 22.0 Å². The third-order valence-electron chi connectivity index (χ3n) is 4.58. The fourth-order valence-electron chi connectivity index (χ4n) is 3.20. The van der Waals surface area contributed by atoms with Crippen LogP contribution in [0.5, 0.6) is 11.5 Å². The zero-order valence-electron chi connectivity index (χ0n) is 15.0. The van der Waals surface area contributed by atoms with E-state index >= 15 is 0 Å². The Labute approximate surface area is 159 Å². The topological polar surface area (TPSA) is 38.8 Å². The van der Waals surface area contributed by atoms with E-state index in [-0.39, 0.29) is 12.0 Å². The Morgan fingerprint density at radius 1 is 0.889 bits per heavy atom. The molecule has 4 nitrogen and oxygen atoms in total. The Morgan fingerprint density at radius 3 is 2.37 bits per heavy atom. The highest BCUT2D eigenvalue weighted by Crippen LogP contribution is 2.25. The molecule has 0 radical (unpaired) electrons. The van der Waals surface area contributed by atoms with Gasteiger partial charge >= 0.3 is 0 Å². The van der Waals surface area contributed by atoms with Gasteiger partial charge in [0.1, 0.15) is 17.6 Å². The van der Waals surface area contributed by atoms with E-state index in [0.29, 0.717) is 31.0 Å². The molecule has 1 unspecified atom stereocenters. The summed E-state index contributed by atoms with van der Waals surface area (Å²) in [6.45, 7) is 1.67. The largest absolute Gasteiger partial charge is 0.457 e. The maximum Gasteiger partial charge on any atom is 0.254 e. The van der Waals surface area contributed by atoms with Crippen molar-refractivity contribution in [1.29, 1.82) is 0 Å². The number of morpholine rings is 1. The van der Waals surface area contributed by atoms with Crippen LogP contribution in [0.25, 0.3) is 0 Å². The summed E-state index contributed by atoms with van der Waals surface area (Å²) in [5.74, 6) is 1.40. The quantitative estimate of drug-likeness (QED) is 0.678. The second-order valence-corrected chi connectivity index (χ2v) is 6.46. The van der Waals surface area contributed by atoms with Gasteiger partial charge in [0.25, 0.3) is 5.91 Å². The maximum atomic E-state index is 13.0. The average molecular weight is 359 g/mol. The molecule has 1 fully saturated rings. The highest BCUT2D eigenvalue weighted by atomic mass is 16.5. The minimum Gasteiger partial charge on any atom is -0.457 e. The first-order valence-electron chi connectivity index (χ1n) is 9.08. The zero-order valence-corrected chi connectivity index (χ0v) is 15.0. The lowest BCUT2D eigenvalue weighted by Crippen LogP contribution is -2.42. The predicted molar refractivity (Wildman–Crippen MR) is 104 cm³/mol. The summed E-state index contributed by atoms with van der Waals surface area (Å²) in [4.78, 5) is 14.8. The molecular weight excluding hydrogens is 338 g/mol. The van der Waals surface area contributed by atoms with Gasteiger partial charge in [0.05, 0.1) is 13.2 Å². The van der Waals surface area contributed by atoms with Crippen LogP contribution in [0, 0.1) is 0 Å². The number of carbonyl (C=O) groups excluding carboxylic acids is 1. The minimum absolute atomic E-state index is 0.00209. The summed E-state index contributed by atoms with van der Waals surface area (Å²) in [5, 5.41) is 0. The molecule has 4 rings (SSSR count). The number of rotatable bonds is 4. The Balaban J connectivity index is 1.48. The molecule has 1 amide bonds. The molecule has 0 N–H and O–H groups in total. The van der Waals surface area contributed by atoms with Gasteiger partial charge in [0.2, 0.25) is 0 Å². The molecule has 1 saturated heterocycles. The Kier molecular flexibility index (Phi) is 5.17. The lowest BCUT2D eigenvalue weighted by atomic mass is 10.1.